The van der Waals surface area contributed by atoms with Crippen molar-refractivity contribution in [2.75, 3.05) is 0 Å². The van der Waals surface area contributed by atoms with Crippen LogP contribution in [-0.4, -0.2) is 4.98 Å². The van der Waals surface area contributed by atoms with E-state index in [1.54, 1.807) is 6.07 Å². The van der Waals surface area contributed by atoms with E-state index in [0.29, 0.717) is 0 Å². The molecule has 78 valence electrons. The number of nitrogens with zero attached hydrogens (tertiary/aromatic N) is 1. The first kappa shape index (κ1) is 9.97. The van der Waals surface area contributed by atoms with Crippen LogP contribution in [0.5, 0.6) is 0 Å². The molecular weight excluding hydrogens is 188 g/mol. The van der Waals surface area contributed by atoms with Gasteiger partial charge in [0.2, 0.25) is 0 Å². The quantitative estimate of drug-likeness (QED) is 0.698. The SMILES string of the molecule is N#Cc1cc2c([nH]c1=O)CCCCCC2. The van der Waals surface area contributed by atoms with Crippen molar-refractivity contribution in [1.29, 1.82) is 5.26 Å². The fraction of sp³-hybridized carbons (Fsp3) is 0.500. The van der Waals surface area contributed by atoms with E-state index in [1.165, 1.54) is 12.8 Å². The summed E-state index contributed by atoms with van der Waals surface area (Å²) in [6, 6.07) is 3.70. The molecule has 0 amide bonds. The lowest BCUT2D eigenvalue weighted by Gasteiger charge is -2.13. The first-order valence-corrected chi connectivity index (χ1v) is 5.46. The number of fused-ring (bicyclic) bond motifs is 1. The van der Waals surface area contributed by atoms with Gasteiger partial charge in [0.25, 0.3) is 5.56 Å². The van der Waals surface area contributed by atoms with Crippen molar-refractivity contribution in [3.63, 3.8) is 0 Å². The standard InChI is InChI=1S/C12H14N2O/c13-8-10-7-9-5-3-1-2-4-6-11(9)14-12(10)15/h7H,1-6H2,(H,14,15). The molecule has 0 fully saturated rings. The van der Waals surface area contributed by atoms with E-state index in [2.05, 4.69) is 4.98 Å². The molecule has 1 N–H and O–H groups in total. The van der Waals surface area contributed by atoms with Crippen molar-refractivity contribution in [3.05, 3.63) is 33.2 Å². The smallest absolute Gasteiger partial charge is 0.266 e. The van der Waals surface area contributed by atoms with Gasteiger partial charge >= 0.3 is 0 Å². The predicted octanol–water partition coefficient (Wildman–Crippen LogP) is 1.91. The number of rotatable bonds is 0. The van der Waals surface area contributed by atoms with Gasteiger partial charge in [-0.1, -0.05) is 12.8 Å². The summed E-state index contributed by atoms with van der Waals surface area (Å²) in [6.07, 6.45) is 6.71. The van der Waals surface area contributed by atoms with Crippen molar-refractivity contribution in [2.45, 2.75) is 38.5 Å². The van der Waals surface area contributed by atoms with Crippen molar-refractivity contribution in [1.82, 2.24) is 4.98 Å². The van der Waals surface area contributed by atoms with E-state index in [-0.39, 0.29) is 11.1 Å². The Morgan fingerprint density at radius 3 is 2.67 bits per heavy atom. The van der Waals surface area contributed by atoms with Gasteiger partial charge in [-0.25, -0.2) is 0 Å². The first-order chi connectivity index (χ1) is 7.31. The normalized spacial score (nSPS) is 15.9. The first-order valence-electron chi connectivity index (χ1n) is 5.46. The zero-order chi connectivity index (χ0) is 10.7. The predicted molar refractivity (Wildman–Crippen MR) is 57.7 cm³/mol. The van der Waals surface area contributed by atoms with E-state index in [9.17, 15) is 4.79 Å². The lowest BCUT2D eigenvalue weighted by Crippen LogP contribution is -2.16. The Balaban J connectivity index is 2.45. The van der Waals surface area contributed by atoms with E-state index in [4.69, 9.17) is 5.26 Å². The molecule has 0 atom stereocenters. The summed E-state index contributed by atoms with van der Waals surface area (Å²) in [4.78, 5) is 14.3. The van der Waals surface area contributed by atoms with Gasteiger partial charge in [0, 0.05) is 5.69 Å². The molecule has 3 heteroatoms. The molecule has 15 heavy (non-hydrogen) atoms. The fourth-order valence-corrected chi connectivity index (χ4v) is 2.11. The second kappa shape index (κ2) is 4.31. The molecule has 0 radical (unpaired) electrons. The van der Waals surface area contributed by atoms with Gasteiger partial charge in [-0.15, -0.1) is 0 Å². The zero-order valence-electron chi connectivity index (χ0n) is 8.68. The highest BCUT2D eigenvalue weighted by atomic mass is 16.1. The summed E-state index contributed by atoms with van der Waals surface area (Å²) in [5.41, 5.74) is 2.20. The van der Waals surface area contributed by atoms with E-state index in [1.807, 2.05) is 6.07 Å². The zero-order valence-corrected chi connectivity index (χ0v) is 8.68. The average Bonchev–Trinajstić information content (AvgIpc) is 2.20. The van der Waals surface area contributed by atoms with Gasteiger partial charge in [-0.3, -0.25) is 4.79 Å². The highest BCUT2D eigenvalue weighted by Crippen LogP contribution is 2.17. The monoisotopic (exact) mass is 202 g/mol. The second-order valence-electron chi connectivity index (χ2n) is 4.04. The number of hydrogen-bond acceptors (Lipinski definition) is 2. The number of nitrogens with one attached hydrogen (secondary N) is 1. The maximum Gasteiger partial charge on any atom is 0.266 e. The lowest BCUT2D eigenvalue weighted by atomic mass is 9.96. The minimum Gasteiger partial charge on any atom is -0.325 e. The molecule has 1 heterocycles. The molecule has 1 aliphatic rings. The number of aryl methyl sites for hydroxylation is 2. The number of nitriles is 1. The molecule has 0 aliphatic heterocycles. The van der Waals surface area contributed by atoms with E-state index >= 15 is 0 Å². The minimum absolute atomic E-state index is 0.239. The van der Waals surface area contributed by atoms with Crippen LogP contribution in [-0.2, 0) is 12.8 Å². The Kier molecular flexibility index (Phi) is 2.86. The van der Waals surface area contributed by atoms with Crippen LogP contribution in [0.4, 0.5) is 0 Å². The largest absolute Gasteiger partial charge is 0.325 e. The van der Waals surface area contributed by atoms with Crippen LogP contribution in [0.3, 0.4) is 0 Å². The number of aromatic amines is 1. The Labute approximate surface area is 88.8 Å². The Morgan fingerprint density at radius 1 is 1.20 bits per heavy atom. The third-order valence-electron chi connectivity index (χ3n) is 2.96. The highest BCUT2D eigenvalue weighted by Gasteiger charge is 2.10. The molecule has 0 saturated heterocycles. The van der Waals surface area contributed by atoms with Crippen LogP contribution < -0.4 is 5.56 Å². The van der Waals surface area contributed by atoms with Gasteiger partial charge < -0.3 is 4.98 Å². The van der Waals surface area contributed by atoms with Crippen molar-refractivity contribution in [2.24, 2.45) is 0 Å². The maximum atomic E-state index is 11.4. The van der Waals surface area contributed by atoms with Crippen molar-refractivity contribution < 1.29 is 0 Å². The number of hydrogen-bond donors (Lipinski definition) is 1. The molecule has 1 aromatic heterocycles. The number of H-pyrrole nitrogens is 1. The number of aromatic nitrogens is 1. The molecule has 3 nitrogen and oxygen atoms in total. The Morgan fingerprint density at radius 2 is 1.93 bits per heavy atom. The maximum absolute atomic E-state index is 11.4. The van der Waals surface area contributed by atoms with Gasteiger partial charge in [0.15, 0.2) is 0 Å². The van der Waals surface area contributed by atoms with Crippen LogP contribution in [0.15, 0.2) is 10.9 Å². The summed E-state index contributed by atoms with van der Waals surface area (Å²) < 4.78 is 0. The molecule has 0 aromatic carbocycles. The third kappa shape index (κ3) is 2.10. The number of pyridine rings is 1. The molecule has 2 rings (SSSR count). The molecule has 0 spiro atoms. The van der Waals surface area contributed by atoms with Crippen LogP contribution in [0, 0.1) is 11.3 Å². The third-order valence-corrected chi connectivity index (χ3v) is 2.96. The molecule has 0 bridgehead atoms. The van der Waals surface area contributed by atoms with E-state index < -0.39 is 0 Å². The Hall–Kier alpha value is -1.56. The van der Waals surface area contributed by atoms with Crippen LogP contribution in [0.1, 0.15) is 42.5 Å². The van der Waals surface area contributed by atoms with Crippen LogP contribution in [0.25, 0.3) is 0 Å². The topological polar surface area (TPSA) is 56.6 Å². The molecule has 1 aromatic rings. The molecule has 1 aliphatic carbocycles. The molecular formula is C12H14N2O. The van der Waals surface area contributed by atoms with Crippen molar-refractivity contribution >= 4 is 0 Å². The van der Waals surface area contributed by atoms with Crippen molar-refractivity contribution in [3.8, 4) is 6.07 Å². The van der Waals surface area contributed by atoms with Gasteiger partial charge in [-0.2, -0.15) is 5.26 Å². The summed E-state index contributed by atoms with van der Waals surface area (Å²) >= 11 is 0. The average molecular weight is 202 g/mol. The van der Waals surface area contributed by atoms with Crippen LogP contribution >= 0.6 is 0 Å². The molecule has 0 unspecified atom stereocenters. The van der Waals surface area contributed by atoms with E-state index in [0.717, 1.165) is 36.9 Å². The summed E-state index contributed by atoms with van der Waals surface area (Å²) in [5.74, 6) is 0. The lowest BCUT2D eigenvalue weighted by molar-refractivity contribution is 0.607. The highest BCUT2D eigenvalue weighted by molar-refractivity contribution is 5.33. The summed E-state index contributed by atoms with van der Waals surface area (Å²) in [5, 5.41) is 8.78. The summed E-state index contributed by atoms with van der Waals surface area (Å²) in [6.45, 7) is 0. The van der Waals surface area contributed by atoms with Crippen LogP contribution in [0.2, 0.25) is 0 Å². The fourth-order valence-electron chi connectivity index (χ4n) is 2.11. The molecule has 0 saturated carbocycles. The summed E-state index contributed by atoms with van der Waals surface area (Å²) in [7, 11) is 0. The minimum atomic E-state index is -0.239. The Bertz CT molecular complexity index is 454. The van der Waals surface area contributed by atoms with Gasteiger partial charge in [0.05, 0.1) is 0 Å². The second-order valence-corrected chi connectivity index (χ2v) is 4.04. The van der Waals surface area contributed by atoms with Gasteiger partial charge in [0.1, 0.15) is 11.6 Å². The van der Waals surface area contributed by atoms with Gasteiger partial charge in [-0.05, 0) is 37.3 Å².